The van der Waals surface area contributed by atoms with Gasteiger partial charge in [0.25, 0.3) is 0 Å². The van der Waals surface area contributed by atoms with Gasteiger partial charge in [-0.1, -0.05) is 0 Å². The van der Waals surface area contributed by atoms with Crippen LogP contribution in [0.5, 0.6) is 0 Å². The number of hydrogen-bond donors (Lipinski definition) is 0. The van der Waals surface area contributed by atoms with Crippen LogP contribution >= 0.6 is 0 Å². The van der Waals surface area contributed by atoms with Crippen LogP contribution < -0.4 is 4.90 Å². The van der Waals surface area contributed by atoms with Gasteiger partial charge in [-0.05, 0) is 55.0 Å². The van der Waals surface area contributed by atoms with Crippen LogP contribution in [0.1, 0.15) is 28.9 Å². The molecule has 1 fully saturated rings. The minimum atomic E-state index is -0.495. The van der Waals surface area contributed by atoms with Crippen LogP contribution in [0.3, 0.4) is 0 Å². The fraction of sp³-hybridized carbons (Fsp3) is 0.190. The van der Waals surface area contributed by atoms with Crippen LogP contribution in [0.15, 0.2) is 59.2 Å². The summed E-state index contributed by atoms with van der Waals surface area (Å²) in [5, 5.41) is 0. The molecule has 0 bridgehead atoms. The van der Waals surface area contributed by atoms with Crippen LogP contribution in [0.4, 0.5) is 10.1 Å². The zero-order chi connectivity index (χ0) is 19.5. The van der Waals surface area contributed by atoms with E-state index in [1.807, 2.05) is 0 Å². The second-order valence-electron chi connectivity index (χ2n) is 6.42. The number of ether oxygens (including phenoxy) is 1. The second kappa shape index (κ2) is 7.64. The number of carbonyl (C=O) groups is 2. The van der Waals surface area contributed by atoms with Crippen molar-refractivity contribution in [3.05, 3.63) is 71.9 Å². The van der Waals surface area contributed by atoms with E-state index in [1.54, 1.807) is 41.3 Å². The Kier molecular flexibility index (Phi) is 4.89. The normalized spacial score (nSPS) is 13.8. The van der Waals surface area contributed by atoms with E-state index in [1.165, 1.54) is 18.4 Å². The van der Waals surface area contributed by atoms with E-state index in [0.717, 1.165) is 12.1 Å². The van der Waals surface area contributed by atoms with Crippen LogP contribution in [0.25, 0.3) is 11.5 Å². The fourth-order valence-corrected chi connectivity index (χ4v) is 3.02. The molecule has 0 unspecified atom stereocenters. The lowest BCUT2D eigenvalue weighted by Crippen LogP contribution is -2.23. The van der Waals surface area contributed by atoms with Crippen molar-refractivity contribution in [3.8, 4) is 11.5 Å². The smallest absolute Gasteiger partial charge is 0.338 e. The molecule has 2 aromatic carbocycles. The van der Waals surface area contributed by atoms with Gasteiger partial charge in [0, 0.05) is 24.2 Å². The number of anilines is 1. The molecular weight excluding hydrogens is 363 g/mol. The summed E-state index contributed by atoms with van der Waals surface area (Å²) >= 11 is 0. The lowest BCUT2D eigenvalue weighted by molar-refractivity contribution is -0.117. The summed E-state index contributed by atoms with van der Waals surface area (Å²) in [4.78, 5) is 30.0. The zero-order valence-electron chi connectivity index (χ0n) is 14.9. The maximum atomic E-state index is 13.0. The number of carbonyl (C=O) groups excluding carboxylic acids is 2. The SMILES string of the molecule is O=C(OCc1coc(-c2ccc(F)cc2)n1)c1ccc(N2CCCC2=O)cc1. The Balaban J connectivity index is 1.36. The molecule has 0 radical (unpaired) electrons. The first-order chi connectivity index (χ1) is 13.6. The number of rotatable bonds is 5. The van der Waals surface area contributed by atoms with Gasteiger partial charge in [0.2, 0.25) is 11.8 Å². The minimum absolute atomic E-state index is 0.0457. The number of nitrogens with zero attached hydrogens (tertiary/aromatic N) is 2. The van der Waals surface area contributed by atoms with Crippen LogP contribution in [0, 0.1) is 5.82 Å². The van der Waals surface area contributed by atoms with E-state index in [4.69, 9.17) is 9.15 Å². The van der Waals surface area contributed by atoms with E-state index < -0.39 is 5.97 Å². The van der Waals surface area contributed by atoms with E-state index in [0.29, 0.717) is 35.7 Å². The standard InChI is InChI=1S/C21H17FN2O4/c22-16-7-3-14(4-8-16)20-23-17(12-27-20)13-28-21(26)15-5-9-18(10-6-15)24-11-1-2-19(24)25/h3-10,12H,1-2,11,13H2. The summed E-state index contributed by atoms with van der Waals surface area (Å²) in [6.45, 7) is 0.654. The van der Waals surface area contributed by atoms with Crippen LogP contribution in [0.2, 0.25) is 0 Å². The highest BCUT2D eigenvalue weighted by molar-refractivity contribution is 5.96. The van der Waals surface area contributed by atoms with E-state index >= 15 is 0 Å². The van der Waals surface area contributed by atoms with Crippen molar-refractivity contribution < 1.29 is 23.1 Å². The van der Waals surface area contributed by atoms with E-state index in [2.05, 4.69) is 4.98 Å². The number of amides is 1. The topological polar surface area (TPSA) is 72.6 Å². The zero-order valence-corrected chi connectivity index (χ0v) is 14.9. The van der Waals surface area contributed by atoms with Gasteiger partial charge in [0.05, 0.1) is 5.56 Å². The molecule has 3 aromatic rings. The largest absolute Gasteiger partial charge is 0.455 e. The van der Waals surface area contributed by atoms with Crippen molar-refractivity contribution in [2.45, 2.75) is 19.4 Å². The van der Waals surface area contributed by atoms with Gasteiger partial charge in [0.1, 0.15) is 24.4 Å². The summed E-state index contributed by atoms with van der Waals surface area (Å²) in [6.07, 6.45) is 2.80. The van der Waals surface area contributed by atoms with Gasteiger partial charge < -0.3 is 14.1 Å². The molecule has 1 amide bonds. The van der Waals surface area contributed by atoms with Gasteiger partial charge in [-0.2, -0.15) is 0 Å². The summed E-state index contributed by atoms with van der Waals surface area (Å²) < 4.78 is 23.6. The lowest BCUT2D eigenvalue weighted by Gasteiger charge is -2.15. The third-order valence-corrected chi connectivity index (χ3v) is 4.48. The molecule has 1 aliphatic heterocycles. The quantitative estimate of drug-likeness (QED) is 0.627. The molecule has 1 saturated heterocycles. The van der Waals surface area contributed by atoms with Crippen molar-refractivity contribution in [1.29, 1.82) is 0 Å². The van der Waals surface area contributed by atoms with Gasteiger partial charge in [0.15, 0.2) is 0 Å². The monoisotopic (exact) mass is 380 g/mol. The Bertz CT molecular complexity index is 996. The number of oxazole rings is 1. The molecule has 0 atom stereocenters. The molecular formula is C21H17FN2O4. The number of halogens is 1. The molecule has 6 nitrogen and oxygen atoms in total. The molecule has 0 N–H and O–H groups in total. The Morgan fingerprint density at radius 1 is 1.14 bits per heavy atom. The average Bonchev–Trinajstić information content (AvgIpc) is 3.36. The van der Waals surface area contributed by atoms with Crippen molar-refractivity contribution in [1.82, 2.24) is 4.98 Å². The first-order valence-corrected chi connectivity index (χ1v) is 8.88. The third kappa shape index (κ3) is 3.78. The maximum absolute atomic E-state index is 13.0. The predicted octanol–water partition coefficient (Wildman–Crippen LogP) is 3.96. The fourth-order valence-electron chi connectivity index (χ4n) is 3.02. The van der Waals surface area contributed by atoms with Crippen LogP contribution in [-0.4, -0.2) is 23.4 Å². The van der Waals surface area contributed by atoms with Gasteiger partial charge in [-0.3, -0.25) is 4.79 Å². The Hall–Kier alpha value is -3.48. The number of esters is 1. The van der Waals surface area contributed by atoms with E-state index in [9.17, 15) is 14.0 Å². The summed E-state index contributed by atoms with van der Waals surface area (Å²) in [5.41, 5.74) is 2.25. The minimum Gasteiger partial charge on any atom is -0.455 e. The Morgan fingerprint density at radius 3 is 2.57 bits per heavy atom. The molecule has 1 aliphatic rings. The van der Waals surface area contributed by atoms with Gasteiger partial charge in [-0.25, -0.2) is 14.2 Å². The average molecular weight is 380 g/mol. The number of hydrogen-bond acceptors (Lipinski definition) is 5. The predicted molar refractivity (Wildman–Crippen MR) is 99.0 cm³/mol. The molecule has 142 valence electrons. The van der Waals surface area contributed by atoms with Crippen LogP contribution in [-0.2, 0) is 16.1 Å². The molecule has 4 rings (SSSR count). The second-order valence-corrected chi connectivity index (χ2v) is 6.42. The van der Waals surface area contributed by atoms with Crippen molar-refractivity contribution >= 4 is 17.6 Å². The molecule has 28 heavy (non-hydrogen) atoms. The molecule has 2 heterocycles. The van der Waals surface area contributed by atoms with Gasteiger partial charge in [-0.15, -0.1) is 0 Å². The molecule has 0 saturated carbocycles. The first kappa shape index (κ1) is 17.9. The van der Waals surface area contributed by atoms with Crippen molar-refractivity contribution in [3.63, 3.8) is 0 Å². The number of benzene rings is 2. The maximum Gasteiger partial charge on any atom is 0.338 e. The lowest BCUT2D eigenvalue weighted by atomic mass is 10.2. The Morgan fingerprint density at radius 2 is 1.89 bits per heavy atom. The van der Waals surface area contributed by atoms with E-state index in [-0.39, 0.29) is 18.3 Å². The van der Waals surface area contributed by atoms with Crippen molar-refractivity contribution in [2.24, 2.45) is 0 Å². The third-order valence-electron chi connectivity index (χ3n) is 4.48. The highest BCUT2D eigenvalue weighted by Crippen LogP contribution is 2.22. The highest BCUT2D eigenvalue weighted by atomic mass is 19.1. The number of aromatic nitrogens is 1. The summed E-state index contributed by atoms with van der Waals surface area (Å²) in [7, 11) is 0. The summed E-state index contributed by atoms with van der Waals surface area (Å²) in [6, 6.07) is 12.5. The molecule has 0 spiro atoms. The molecule has 7 heteroatoms. The van der Waals surface area contributed by atoms with Gasteiger partial charge >= 0.3 is 5.97 Å². The molecule has 1 aromatic heterocycles. The first-order valence-electron chi connectivity index (χ1n) is 8.88. The molecule has 0 aliphatic carbocycles. The van der Waals surface area contributed by atoms with Crippen molar-refractivity contribution in [2.75, 3.05) is 11.4 Å². The summed E-state index contributed by atoms with van der Waals surface area (Å²) in [5.74, 6) is -0.417. The Labute approximate surface area is 160 Å². The highest BCUT2D eigenvalue weighted by Gasteiger charge is 2.21.